The highest BCUT2D eigenvalue weighted by molar-refractivity contribution is 5.92. The summed E-state index contributed by atoms with van der Waals surface area (Å²) >= 11 is 0. The van der Waals surface area contributed by atoms with Crippen molar-refractivity contribution >= 4 is 11.9 Å². The Morgan fingerprint density at radius 1 is 1.30 bits per heavy atom. The minimum atomic E-state index is -0.164. The monoisotopic (exact) mass is 310 g/mol. The van der Waals surface area contributed by atoms with Gasteiger partial charge in [0.15, 0.2) is 0 Å². The fourth-order valence-electron chi connectivity index (χ4n) is 2.87. The molecule has 1 aromatic heterocycles. The van der Waals surface area contributed by atoms with Gasteiger partial charge >= 0.3 is 0 Å². The molecule has 3 rings (SSSR count). The van der Waals surface area contributed by atoms with E-state index in [1.165, 1.54) is 6.42 Å². The summed E-state index contributed by atoms with van der Waals surface area (Å²) in [5.74, 6) is 1.13. The van der Waals surface area contributed by atoms with Crippen LogP contribution < -0.4 is 10.2 Å². The Morgan fingerprint density at radius 3 is 2.91 bits per heavy atom. The minimum absolute atomic E-state index is 0.164. The number of aromatic nitrogens is 2. The molecule has 0 bridgehead atoms. The van der Waals surface area contributed by atoms with Crippen LogP contribution in [0, 0.1) is 5.92 Å². The first kappa shape index (κ1) is 15.5. The molecule has 1 fully saturated rings. The van der Waals surface area contributed by atoms with Gasteiger partial charge in [-0.2, -0.15) is 0 Å². The number of hydrogen-bond acceptors (Lipinski definition) is 4. The summed E-state index contributed by atoms with van der Waals surface area (Å²) in [6.07, 6.45) is 4.06. The maximum absolute atomic E-state index is 12.3. The molecule has 1 amide bonds. The zero-order chi connectivity index (χ0) is 16.1. The van der Waals surface area contributed by atoms with Crippen LogP contribution >= 0.6 is 0 Å². The topological polar surface area (TPSA) is 58.1 Å². The van der Waals surface area contributed by atoms with Crippen molar-refractivity contribution in [2.75, 3.05) is 18.0 Å². The van der Waals surface area contributed by atoms with Crippen LogP contribution in [0.5, 0.6) is 0 Å². The van der Waals surface area contributed by atoms with E-state index >= 15 is 0 Å². The molecule has 0 aliphatic carbocycles. The molecule has 0 spiro atoms. The van der Waals surface area contributed by atoms with E-state index in [2.05, 4.69) is 27.1 Å². The molecule has 2 heterocycles. The molecule has 23 heavy (non-hydrogen) atoms. The maximum atomic E-state index is 12.3. The van der Waals surface area contributed by atoms with E-state index in [1.54, 1.807) is 12.3 Å². The number of rotatable bonds is 4. The van der Waals surface area contributed by atoms with Gasteiger partial charge in [-0.3, -0.25) is 4.79 Å². The third kappa shape index (κ3) is 4.06. The van der Waals surface area contributed by atoms with Gasteiger partial charge in [0, 0.05) is 25.8 Å². The molecular weight excluding hydrogens is 288 g/mol. The minimum Gasteiger partial charge on any atom is -0.347 e. The van der Waals surface area contributed by atoms with Crippen LogP contribution in [0.3, 0.4) is 0 Å². The molecular formula is C18H22N4O. The van der Waals surface area contributed by atoms with Gasteiger partial charge in [0.05, 0.1) is 0 Å². The summed E-state index contributed by atoms with van der Waals surface area (Å²) < 4.78 is 0. The van der Waals surface area contributed by atoms with Crippen molar-refractivity contribution in [2.24, 2.45) is 5.92 Å². The Kier molecular flexibility index (Phi) is 4.86. The van der Waals surface area contributed by atoms with Gasteiger partial charge in [-0.15, -0.1) is 0 Å². The Bertz CT molecular complexity index is 659. The van der Waals surface area contributed by atoms with Crippen LogP contribution in [0.15, 0.2) is 42.6 Å². The number of carbonyl (C=O) groups excluding carboxylic acids is 1. The van der Waals surface area contributed by atoms with E-state index in [4.69, 9.17) is 0 Å². The molecule has 2 aromatic rings. The van der Waals surface area contributed by atoms with E-state index in [0.29, 0.717) is 24.1 Å². The number of carbonyl (C=O) groups is 1. The Morgan fingerprint density at radius 2 is 2.13 bits per heavy atom. The van der Waals surface area contributed by atoms with E-state index in [1.807, 2.05) is 30.3 Å². The quantitative estimate of drug-likeness (QED) is 0.943. The smallest absolute Gasteiger partial charge is 0.270 e. The van der Waals surface area contributed by atoms with Crippen LogP contribution in [-0.4, -0.2) is 29.0 Å². The molecule has 1 unspecified atom stereocenters. The SMILES string of the molecule is CC1CCCN(c2nccc(C(=O)NCc3ccccc3)n2)C1. The zero-order valence-corrected chi connectivity index (χ0v) is 13.4. The Labute approximate surface area is 136 Å². The summed E-state index contributed by atoms with van der Waals surface area (Å²) in [7, 11) is 0. The summed E-state index contributed by atoms with van der Waals surface area (Å²) in [5.41, 5.74) is 1.49. The number of amides is 1. The highest BCUT2D eigenvalue weighted by Gasteiger charge is 2.19. The second-order valence-electron chi connectivity index (χ2n) is 6.10. The van der Waals surface area contributed by atoms with Gasteiger partial charge in [-0.1, -0.05) is 37.3 Å². The lowest BCUT2D eigenvalue weighted by Gasteiger charge is -2.30. The summed E-state index contributed by atoms with van der Waals surface area (Å²) in [5, 5.41) is 2.91. The maximum Gasteiger partial charge on any atom is 0.270 e. The highest BCUT2D eigenvalue weighted by Crippen LogP contribution is 2.19. The predicted octanol–water partition coefficient (Wildman–Crippen LogP) is 2.64. The second kappa shape index (κ2) is 7.22. The van der Waals surface area contributed by atoms with Crippen molar-refractivity contribution in [1.82, 2.24) is 15.3 Å². The normalized spacial score (nSPS) is 17.8. The molecule has 1 aliphatic heterocycles. The van der Waals surface area contributed by atoms with Gasteiger partial charge in [0.25, 0.3) is 5.91 Å². The van der Waals surface area contributed by atoms with E-state index in [-0.39, 0.29) is 5.91 Å². The average Bonchev–Trinajstić information content (AvgIpc) is 2.61. The van der Waals surface area contributed by atoms with E-state index < -0.39 is 0 Å². The van der Waals surface area contributed by atoms with E-state index in [9.17, 15) is 4.79 Å². The molecule has 120 valence electrons. The van der Waals surface area contributed by atoms with Gasteiger partial charge < -0.3 is 10.2 Å². The first-order valence-electron chi connectivity index (χ1n) is 8.12. The van der Waals surface area contributed by atoms with Crippen molar-refractivity contribution in [3.05, 3.63) is 53.9 Å². The first-order chi connectivity index (χ1) is 11.2. The number of nitrogens with zero attached hydrogens (tertiary/aromatic N) is 3. The lowest BCUT2D eigenvalue weighted by molar-refractivity contribution is 0.0946. The summed E-state index contributed by atoms with van der Waals surface area (Å²) in [4.78, 5) is 23.2. The van der Waals surface area contributed by atoms with Crippen molar-refractivity contribution in [3.8, 4) is 0 Å². The van der Waals surface area contributed by atoms with Crippen LogP contribution in [0.2, 0.25) is 0 Å². The van der Waals surface area contributed by atoms with E-state index in [0.717, 1.165) is 25.1 Å². The molecule has 1 N–H and O–H groups in total. The van der Waals surface area contributed by atoms with Gasteiger partial charge in [0.2, 0.25) is 5.95 Å². The molecule has 1 aromatic carbocycles. The Hall–Kier alpha value is -2.43. The number of nitrogens with one attached hydrogen (secondary N) is 1. The number of hydrogen-bond donors (Lipinski definition) is 1. The highest BCUT2D eigenvalue weighted by atomic mass is 16.1. The van der Waals surface area contributed by atoms with Crippen LogP contribution in [0.4, 0.5) is 5.95 Å². The molecule has 0 radical (unpaired) electrons. The third-order valence-electron chi connectivity index (χ3n) is 4.11. The zero-order valence-electron chi connectivity index (χ0n) is 13.4. The van der Waals surface area contributed by atoms with Crippen LogP contribution in [-0.2, 0) is 6.54 Å². The standard InChI is InChI=1S/C18H22N4O/c1-14-6-5-11-22(13-14)18-19-10-9-16(21-18)17(23)20-12-15-7-3-2-4-8-15/h2-4,7-10,14H,5-6,11-13H2,1H3,(H,20,23). The van der Waals surface area contributed by atoms with Gasteiger partial charge in [-0.05, 0) is 30.4 Å². The van der Waals surface area contributed by atoms with Crippen LogP contribution in [0.1, 0.15) is 35.8 Å². The molecule has 1 aliphatic rings. The molecule has 1 atom stereocenters. The molecule has 5 nitrogen and oxygen atoms in total. The number of benzene rings is 1. The molecule has 5 heteroatoms. The second-order valence-corrected chi connectivity index (χ2v) is 6.10. The van der Waals surface area contributed by atoms with Crippen molar-refractivity contribution in [1.29, 1.82) is 0 Å². The van der Waals surface area contributed by atoms with Crippen molar-refractivity contribution < 1.29 is 4.79 Å². The summed E-state index contributed by atoms with van der Waals surface area (Å²) in [6, 6.07) is 11.5. The predicted molar refractivity (Wildman–Crippen MR) is 90.3 cm³/mol. The van der Waals surface area contributed by atoms with Crippen molar-refractivity contribution in [3.63, 3.8) is 0 Å². The third-order valence-corrected chi connectivity index (χ3v) is 4.11. The fourth-order valence-corrected chi connectivity index (χ4v) is 2.87. The number of piperidine rings is 1. The number of anilines is 1. The Balaban J connectivity index is 1.65. The van der Waals surface area contributed by atoms with Crippen LogP contribution in [0.25, 0.3) is 0 Å². The van der Waals surface area contributed by atoms with Gasteiger partial charge in [-0.25, -0.2) is 9.97 Å². The average molecular weight is 310 g/mol. The summed E-state index contributed by atoms with van der Waals surface area (Å²) in [6.45, 7) is 4.65. The first-order valence-corrected chi connectivity index (χ1v) is 8.12. The van der Waals surface area contributed by atoms with Gasteiger partial charge in [0.1, 0.15) is 5.69 Å². The largest absolute Gasteiger partial charge is 0.347 e. The lowest BCUT2D eigenvalue weighted by Crippen LogP contribution is -2.36. The molecule has 1 saturated heterocycles. The van der Waals surface area contributed by atoms with Crippen molar-refractivity contribution in [2.45, 2.75) is 26.3 Å². The fraction of sp³-hybridized carbons (Fsp3) is 0.389. The lowest BCUT2D eigenvalue weighted by atomic mass is 10.0. The molecule has 0 saturated carbocycles.